The Morgan fingerprint density at radius 2 is 2.24 bits per heavy atom. The van der Waals surface area contributed by atoms with E-state index in [9.17, 15) is 13.2 Å². The third-order valence-electron chi connectivity index (χ3n) is 3.68. The van der Waals surface area contributed by atoms with Crippen LogP contribution in [0.4, 0.5) is 5.69 Å². The zero-order valence-corrected chi connectivity index (χ0v) is 13.2. The predicted molar refractivity (Wildman–Crippen MR) is 82.3 cm³/mol. The van der Waals surface area contributed by atoms with E-state index < -0.39 is 9.84 Å². The Labute approximate surface area is 125 Å². The second kappa shape index (κ2) is 6.43. The number of carbonyl (C=O) groups is 1. The number of hydrogen-bond acceptors (Lipinski definition) is 5. The van der Waals surface area contributed by atoms with Gasteiger partial charge in [0.1, 0.15) is 0 Å². The summed E-state index contributed by atoms with van der Waals surface area (Å²) in [4.78, 5) is 17.9. The molecule has 1 aromatic rings. The van der Waals surface area contributed by atoms with Crippen LogP contribution in [0.2, 0.25) is 0 Å². The van der Waals surface area contributed by atoms with Gasteiger partial charge in [-0.3, -0.25) is 9.78 Å². The first-order chi connectivity index (χ1) is 9.93. The van der Waals surface area contributed by atoms with Gasteiger partial charge in [-0.2, -0.15) is 0 Å². The highest BCUT2D eigenvalue weighted by atomic mass is 32.2. The fourth-order valence-electron chi connectivity index (χ4n) is 2.38. The van der Waals surface area contributed by atoms with Gasteiger partial charge in [-0.1, -0.05) is 6.92 Å². The van der Waals surface area contributed by atoms with Gasteiger partial charge in [-0.25, -0.2) is 8.42 Å². The van der Waals surface area contributed by atoms with Crippen molar-refractivity contribution in [2.45, 2.75) is 25.8 Å². The highest BCUT2D eigenvalue weighted by molar-refractivity contribution is 7.91. The van der Waals surface area contributed by atoms with Gasteiger partial charge in [-0.05, 0) is 18.9 Å². The molecule has 7 heteroatoms. The van der Waals surface area contributed by atoms with E-state index in [1.807, 2.05) is 18.9 Å². The highest BCUT2D eigenvalue weighted by Gasteiger charge is 2.31. The van der Waals surface area contributed by atoms with Crippen LogP contribution < -0.4 is 10.2 Å². The van der Waals surface area contributed by atoms with Crippen LogP contribution in [-0.2, 0) is 9.84 Å². The fraction of sp³-hybridized carbons (Fsp3) is 0.571. The average molecular weight is 311 g/mol. The molecule has 0 aromatic carbocycles. The molecule has 1 fully saturated rings. The molecular weight excluding hydrogens is 290 g/mol. The van der Waals surface area contributed by atoms with E-state index in [1.165, 1.54) is 6.20 Å². The summed E-state index contributed by atoms with van der Waals surface area (Å²) in [6.07, 6.45) is 4.67. The van der Waals surface area contributed by atoms with Crippen molar-refractivity contribution >= 4 is 21.4 Å². The van der Waals surface area contributed by atoms with Gasteiger partial charge >= 0.3 is 0 Å². The van der Waals surface area contributed by atoms with E-state index in [1.54, 1.807) is 12.3 Å². The number of nitrogens with one attached hydrogen (secondary N) is 1. The lowest BCUT2D eigenvalue weighted by Gasteiger charge is -2.25. The van der Waals surface area contributed by atoms with Crippen LogP contribution in [0.3, 0.4) is 0 Å². The molecule has 0 bridgehead atoms. The molecule has 1 aliphatic heterocycles. The summed E-state index contributed by atoms with van der Waals surface area (Å²) < 4.78 is 23.1. The standard InChI is InChI=1S/C14H21N3O3S/c1-3-5-16-14(18)11-7-13(9-15-8-11)17(2)12-4-6-21(19,20)10-12/h7-9,12H,3-6,10H2,1-2H3,(H,16,18). The number of rotatable bonds is 5. The van der Waals surface area contributed by atoms with Crippen molar-refractivity contribution < 1.29 is 13.2 Å². The maximum Gasteiger partial charge on any atom is 0.252 e. The van der Waals surface area contributed by atoms with Gasteiger partial charge in [0.05, 0.1) is 29.0 Å². The van der Waals surface area contributed by atoms with Gasteiger partial charge in [-0.15, -0.1) is 0 Å². The van der Waals surface area contributed by atoms with E-state index in [0.717, 1.165) is 12.1 Å². The maximum atomic E-state index is 11.9. The zero-order valence-electron chi connectivity index (χ0n) is 12.4. The predicted octanol–water partition coefficient (Wildman–Crippen LogP) is 0.845. The molecule has 116 valence electrons. The Kier molecular flexibility index (Phi) is 4.82. The molecule has 0 saturated carbocycles. The Morgan fingerprint density at radius 1 is 1.48 bits per heavy atom. The number of anilines is 1. The summed E-state index contributed by atoms with van der Waals surface area (Å²) in [5.74, 6) is 0.237. The Morgan fingerprint density at radius 3 is 2.86 bits per heavy atom. The van der Waals surface area contributed by atoms with E-state index in [0.29, 0.717) is 18.5 Å². The number of pyridine rings is 1. The first-order valence-electron chi connectivity index (χ1n) is 7.09. The van der Waals surface area contributed by atoms with E-state index >= 15 is 0 Å². The van der Waals surface area contributed by atoms with Gasteiger partial charge in [0.15, 0.2) is 9.84 Å². The van der Waals surface area contributed by atoms with Crippen LogP contribution in [0, 0.1) is 0 Å². The lowest BCUT2D eigenvalue weighted by Crippen LogP contribution is -2.33. The average Bonchev–Trinajstić information content (AvgIpc) is 2.84. The third kappa shape index (κ3) is 3.93. The molecule has 2 heterocycles. The smallest absolute Gasteiger partial charge is 0.252 e. The quantitative estimate of drug-likeness (QED) is 0.872. The lowest BCUT2D eigenvalue weighted by molar-refractivity contribution is 0.0953. The van der Waals surface area contributed by atoms with E-state index in [4.69, 9.17) is 0 Å². The van der Waals surface area contributed by atoms with Crippen LogP contribution in [0.15, 0.2) is 18.5 Å². The van der Waals surface area contributed by atoms with Crippen LogP contribution in [-0.4, -0.2) is 50.4 Å². The number of sulfone groups is 1. The molecular formula is C14H21N3O3S. The Balaban J connectivity index is 2.12. The highest BCUT2D eigenvalue weighted by Crippen LogP contribution is 2.22. The van der Waals surface area contributed by atoms with Crippen molar-refractivity contribution in [1.29, 1.82) is 0 Å². The van der Waals surface area contributed by atoms with Crippen molar-refractivity contribution in [3.05, 3.63) is 24.0 Å². The summed E-state index contributed by atoms with van der Waals surface area (Å²) >= 11 is 0. The third-order valence-corrected chi connectivity index (χ3v) is 5.44. The molecule has 1 amide bonds. The molecule has 1 atom stereocenters. The lowest BCUT2D eigenvalue weighted by atomic mass is 10.2. The Hall–Kier alpha value is -1.63. The normalized spacial score (nSPS) is 20.2. The molecule has 0 spiro atoms. The van der Waals surface area contributed by atoms with Crippen molar-refractivity contribution in [3.8, 4) is 0 Å². The fourth-order valence-corrected chi connectivity index (χ4v) is 4.15. The monoisotopic (exact) mass is 311 g/mol. The molecule has 1 saturated heterocycles. The molecule has 0 aliphatic carbocycles. The van der Waals surface area contributed by atoms with Gasteiger partial charge in [0, 0.05) is 25.8 Å². The van der Waals surface area contributed by atoms with Crippen molar-refractivity contribution in [2.24, 2.45) is 0 Å². The van der Waals surface area contributed by atoms with Crippen molar-refractivity contribution in [3.63, 3.8) is 0 Å². The molecule has 1 unspecified atom stereocenters. The first-order valence-corrected chi connectivity index (χ1v) is 8.91. The Bertz CT molecular complexity index is 616. The number of hydrogen-bond donors (Lipinski definition) is 1. The second-order valence-electron chi connectivity index (χ2n) is 5.36. The van der Waals surface area contributed by atoms with Gasteiger partial charge in [0.25, 0.3) is 5.91 Å². The second-order valence-corrected chi connectivity index (χ2v) is 7.58. The summed E-state index contributed by atoms with van der Waals surface area (Å²) in [6.45, 7) is 2.61. The number of carbonyl (C=O) groups excluding carboxylic acids is 1. The molecule has 1 aromatic heterocycles. The maximum absolute atomic E-state index is 11.9. The minimum atomic E-state index is -2.93. The topological polar surface area (TPSA) is 79.4 Å². The van der Waals surface area contributed by atoms with E-state index in [-0.39, 0.29) is 23.5 Å². The summed E-state index contributed by atoms with van der Waals surface area (Å²) in [5.41, 5.74) is 1.26. The molecule has 1 aliphatic rings. The number of aromatic nitrogens is 1. The van der Waals surface area contributed by atoms with E-state index in [2.05, 4.69) is 10.3 Å². The van der Waals surface area contributed by atoms with Crippen molar-refractivity contribution in [2.75, 3.05) is 30.0 Å². The molecule has 21 heavy (non-hydrogen) atoms. The summed E-state index contributed by atoms with van der Waals surface area (Å²) in [7, 11) is -1.08. The number of nitrogens with zero attached hydrogens (tertiary/aromatic N) is 2. The summed E-state index contributed by atoms with van der Waals surface area (Å²) in [5, 5.41) is 2.80. The van der Waals surface area contributed by atoms with Crippen molar-refractivity contribution in [1.82, 2.24) is 10.3 Å². The zero-order chi connectivity index (χ0) is 15.5. The largest absolute Gasteiger partial charge is 0.369 e. The SMILES string of the molecule is CCCNC(=O)c1cncc(N(C)C2CCS(=O)(=O)C2)c1. The van der Waals surface area contributed by atoms with Crippen LogP contribution >= 0.6 is 0 Å². The molecule has 0 radical (unpaired) electrons. The molecule has 1 N–H and O–H groups in total. The van der Waals surface area contributed by atoms with Gasteiger partial charge < -0.3 is 10.2 Å². The molecule has 2 rings (SSSR count). The number of amides is 1. The molecule has 6 nitrogen and oxygen atoms in total. The van der Waals surface area contributed by atoms with Crippen LogP contribution in [0.5, 0.6) is 0 Å². The minimum absolute atomic E-state index is 0.0502. The first kappa shape index (κ1) is 15.8. The van der Waals surface area contributed by atoms with Crippen LogP contribution in [0.1, 0.15) is 30.1 Å². The minimum Gasteiger partial charge on any atom is -0.369 e. The van der Waals surface area contributed by atoms with Crippen LogP contribution in [0.25, 0.3) is 0 Å². The summed E-state index contributed by atoms with van der Waals surface area (Å²) in [6, 6.07) is 1.70. The van der Waals surface area contributed by atoms with Gasteiger partial charge in [0.2, 0.25) is 0 Å².